The Morgan fingerprint density at radius 1 is 1.11 bits per heavy atom. The molecule has 98 valence electrons. The third kappa shape index (κ3) is 3.53. The highest BCUT2D eigenvalue weighted by Gasteiger charge is 2.06. The fourth-order valence-corrected chi connectivity index (χ4v) is 2.33. The lowest BCUT2D eigenvalue weighted by Gasteiger charge is -2.09. The number of ether oxygens (including phenoxy) is 1. The predicted molar refractivity (Wildman–Crippen MR) is 73.5 cm³/mol. The normalized spacial score (nSPS) is 11.8. The molecular formula is C14H13O4P. The van der Waals surface area contributed by atoms with Crippen LogP contribution < -0.4 is 10.0 Å². The summed E-state index contributed by atoms with van der Waals surface area (Å²) in [6.45, 7) is 0.216. The summed E-state index contributed by atoms with van der Waals surface area (Å²) in [4.78, 5) is 19.7. The number of rotatable bonds is 5. The molecule has 2 rings (SSSR count). The standard InChI is InChI=1S/C14H13O4P/c15-9-11-5-7-13(8-6-11)18-10-12-3-1-2-4-14(12)19(16)17/h1-9,19H,10H2,(H,16,17). The summed E-state index contributed by atoms with van der Waals surface area (Å²) in [5.74, 6) is 0.609. The smallest absolute Gasteiger partial charge is 0.218 e. The average Bonchev–Trinajstić information content (AvgIpc) is 2.46. The lowest BCUT2D eigenvalue weighted by Crippen LogP contribution is -2.08. The second-order valence-corrected chi connectivity index (χ2v) is 5.09. The minimum Gasteiger partial charge on any atom is -0.489 e. The van der Waals surface area contributed by atoms with Crippen LogP contribution in [0.3, 0.4) is 0 Å². The Balaban J connectivity index is 2.09. The fraction of sp³-hybridized carbons (Fsp3) is 0.0714. The van der Waals surface area contributed by atoms with Gasteiger partial charge >= 0.3 is 0 Å². The van der Waals surface area contributed by atoms with E-state index in [1.165, 1.54) is 0 Å². The second-order valence-electron chi connectivity index (χ2n) is 3.94. The van der Waals surface area contributed by atoms with Crippen molar-refractivity contribution < 1.29 is 19.0 Å². The zero-order valence-corrected chi connectivity index (χ0v) is 11.1. The fourth-order valence-electron chi connectivity index (χ4n) is 1.66. The number of carbonyl (C=O) groups is 1. The molecular weight excluding hydrogens is 263 g/mol. The Bertz CT molecular complexity index is 593. The predicted octanol–water partition coefficient (Wildman–Crippen LogP) is 2.17. The summed E-state index contributed by atoms with van der Waals surface area (Å²) in [5.41, 5.74) is 1.27. The van der Waals surface area contributed by atoms with E-state index in [9.17, 15) is 14.3 Å². The van der Waals surface area contributed by atoms with E-state index in [2.05, 4.69) is 0 Å². The molecule has 0 aliphatic heterocycles. The summed E-state index contributed by atoms with van der Waals surface area (Å²) < 4.78 is 16.7. The van der Waals surface area contributed by atoms with Crippen LogP contribution in [0.25, 0.3) is 0 Å². The summed E-state index contributed by atoms with van der Waals surface area (Å²) >= 11 is 0. The summed E-state index contributed by atoms with van der Waals surface area (Å²) in [6, 6.07) is 13.6. The minimum atomic E-state index is -2.73. The summed E-state index contributed by atoms with van der Waals surface area (Å²) in [6.07, 6.45) is 0.761. The third-order valence-corrected chi connectivity index (χ3v) is 3.61. The molecule has 4 nitrogen and oxygen atoms in total. The molecule has 0 saturated heterocycles. The lowest BCUT2D eigenvalue weighted by atomic mass is 10.2. The molecule has 2 aromatic rings. The maximum atomic E-state index is 11.2. The molecule has 0 fully saturated rings. The van der Waals surface area contributed by atoms with Gasteiger partial charge in [-0.15, -0.1) is 0 Å². The summed E-state index contributed by atoms with van der Waals surface area (Å²) in [7, 11) is -2.73. The molecule has 0 amide bonds. The molecule has 0 aromatic heterocycles. The molecule has 0 bridgehead atoms. The molecule has 0 saturated carbocycles. The van der Waals surface area contributed by atoms with Crippen molar-refractivity contribution in [2.24, 2.45) is 0 Å². The van der Waals surface area contributed by atoms with Crippen molar-refractivity contribution in [3.63, 3.8) is 0 Å². The monoisotopic (exact) mass is 276 g/mol. The van der Waals surface area contributed by atoms with E-state index in [1.807, 2.05) is 0 Å². The molecule has 0 radical (unpaired) electrons. The Labute approximate surface area is 111 Å². The molecule has 0 aliphatic carbocycles. The summed E-state index contributed by atoms with van der Waals surface area (Å²) in [5, 5.41) is 0.414. The van der Waals surface area contributed by atoms with Gasteiger partial charge in [0.15, 0.2) is 0 Å². The van der Waals surface area contributed by atoms with Gasteiger partial charge in [0, 0.05) is 16.4 Å². The first-order chi connectivity index (χ1) is 9.20. The number of benzene rings is 2. The zero-order chi connectivity index (χ0) is 13.7. The van der Waals surface area contributed by atoms with Gasteiger partial charge in [-0.3, -0.25) is 9.36 Å². The highest BCUT2D eigenvalue weighted by Crippen LogP contribution is 2.18. The van der Waals surface area contributed by atoms with Crippen molar-refractivity contribution in [2.45, 2.75) is 6.61 Å². The van der Waals surface area contributed by atoms with E-state index < -0.39 is 8.03 Å². The molecule has 0 aliphatic rings. The Morgan fingerprint density at radius 3 is 2.42 bits per heavy atom. The molecule has 0 heterocycles. The third-order valence-electron chi connectivity index (χ3n) is 2.66. The Kier molecular flexibility index (Phi) is 4.50. The van der Waals surface area contributed by atoms with Gasteiger partial charge in [-0.05, 0) is 30.3 Å². The SMILES string of the molecule is O=Cc1ccc(OCc2ccccc2[PH](=O)O)cc1. The first kappa shape index (κ1) is 13.5. The van der Waals surface area contributed by atoms with Gasteiger partial charge in [0.25, 0.3) is 0 Å². The molecule has 1 unspecified atom stereocenters. The maximum Gasteiger partial charge on any atom is 0.218 e. The van der Waals surface area contributed by atoms with Crippen LogP contribution in [0.15, 0.2) is 48.5 Å². The van der Waals surface area contributed by atoms with Crippen LogP contribution >= 0.6 is 8.03 Å². The minimum absolute atomic E-state index is 0.216. The first-order valence-corrected chi connectivity index (χ1v) is 7.05. The van der Waals surface area contributed by atoms with Crippen molar-refractivity contribution in [1.82, 2.24) is 0 Å². The quantitative estimate of drug-likeness (QED) is 0.671. The lowest BCUT2D eigenvalue weighted by molar-refractivity contribution is 0.112. The van der Waals surface area contributed by atoms with Gasteiger partial charge in [-0.25, -0.2) is 0 Å². The number of aldehydes is 1. The van der Waals surface area contributed by atoms with Gasteiger partial charge in [-0.1, -0.05) is 18.2 Å². The van der Waals surface area contributed by atoms with Gasteiger partial charge in [0.1, 0.15) is 18.6 Å². The molecule has 5 heteroatoms. The van der Waals surface area contributed by atoms with Crippen LogP contribution in [-0.4, -0.2) is 11.2 Å². The number of carbonyl (C=O) groups excluding carboxylic acids is 1. The van der Waals surface area contributed by atoms with Crippen LogP contribution in [0.2, 0.25) is 0 Å². The highest BCUT2D eigenvalue weighted by molar-refractivity contribution is 7.47. The molecule has 19 heavy (non-hydrogen) atoms. The van der Waals surface area contributed by atoms with Gasteiger partial charge in [0.2, 0.25) is 8.03 Å². The maximum absolute atomic E-state index is 11.2. The van der Waals surface area contributed by atoms with Crippen molar-refractivity contribution >= 4 is 19.6 Å². The first-order valence-electron chi connectivity index (χ1n) is 5.70. The molecule has 0 spiro atoms. The van der Waals surface area contributed by atoms with Gasteiger partial charge in [0.05, 0.1) is 0 Å². The van der Waals surface area contributed by atoms with Crippen molar-refractivity contribution in [2.75, 3.05) is 0 Å². The number of hydrogen-bond donors (Lipinski definition) is 1. The molecule has 2 aromatic carbocycles. The second kappa shape index (κ2) is 6.32. The average molecular weight is 276 g/mol. The van der Waals surface area contributed by atoms with Crippen molar-refractivity contribution in [3.05, 3.63) is 59.7 Å². The van der Waals surface area contributed by atoms with E-state index in [0.29, 0.717) is 22.2 Å². The molecule has 1 N–H and O–H groups in total. The van der Waals surface area contributed by atoms with E-state index in [4.69, 9.17) is 4.74 Å². The van der Waals surface area contributed by atoms with E-state index in [0.717, 1.165) is 6.29 Å². The van der Waals surface area contributed by atoms with Crippen LogP contribution in [0, 0.1) is 0 Å². The Hall–Kier alpha value is -1.90. The van der Waals surface area contributed by atoms with Crippen LogP contribution in [0.4, 0.5) is 0 Å². The molecule has 1 atom stereocenters. The van der Waals surface area contributed by atoms with E-state index in [1.54, 1.807) is 48.5 Å². The largest absolute Gasteiger partial charge is 0.489 e. The van der Waals surface area contributed by atoms with E-state index in [-0.39, 0.29) is 6.61 Å². The highest BCUT2D eigenvalue weighted by atomic mass is 31.1. The van der Waals surface area contributed by atoms with Crippen molar-refractivity contribution in [1.29, 1.82) is 0 Å². The van der Waals surface area contributed by atoms with E-state index >= 15 is 0 Å². The van der Waals surface area contributed by atoms with Gasteiger partial charge in [-0.2, -0.15) is 0 Å². The topological polar surface area (TPSA) is 63.6 Å². The van der Waals surface area contributed by atoms with Crippen LogP contribution in [0.5, 0.6) is 5.75 Å². The van der Waals surface area contributed by atoms with Gasteiger partial charge < -0.3 is 9.63 Å². The number of hydrogen-bond acceptors (Lipinski definition) is 3. The Morgan fingerprint density at radius 2 is 1.79 bits per heavy atom. The van der Waals surface area contributed by atoms with Crippen molar-refractivity contribution in [3.8, 4) is 5.75 Å². The van der Waals surface area contributed by atoms with Crippen LogP contribution in [-0.2, 0) is 11.2 Å². The zero-order valence-electron chi connectivity index (χ0n) is 10.1. The van der Waals surface area contributed by atoms with Crippen LogP contribution in [0.1, 0.15) is 15.9 Å².